The highest BCUT2D eigenvalue weighted by Gasteiger charge is 2.30. The number of alkyl halides is 3. The first-order valence-electron chi connectivity index (χ1n) is 12.5. The topological polar surface area (TPSA) is 82.3 Å². The van der Waals surface area contributed by atoms with Crippen LogP contribution in [-0.4, -0.2) is 16.9 Å². The quantitative estimate of drug-likeness (QED) is 0.134. The third kappa shape index (κ3) is 9.72. The molecule has 0 unspecified atom stereocenters. The molecule has 0 aliphatic heterocycles. The number of amides is 2. The second-order valence-electron chi connectivity index (χ2n) is 9.22. The Balaban J connectivity index is 1.39. The van der Waals surface area contributed by atoms with Gasteiger partial charge in [-0.3, -0.25) is 20.4 Å². The van der Waals surface area contributed by atoms with Crippen molar-refractivity contribution in [2.24, 2.45) is 0 Å². The molecule has 3 aromatic carbocycles. The Bertz CT molecular complexity index is 1330. The van der Waals surface area contributed by atoms with Gasteiger partial charge in [-0.1, -0.05) is 36.8 Å². The minimum absolute atomic E-state index is 0.205. The number of hydrogen-bond acceptors (Lipinski definition) is 3. The molecule has 0 fully saturated rings. The summed E-state index contributed by atoms with van der Waals surface area (Å²) in [5.41, 5.74) is 9.05. The summed E-state index contributed by atoms with van der Waals surface area (Å²) in [7, 11) is 0. The van der Waals surface area contributed by atoms with Crippen LogP contribution in [0, 0.1) is 13.8 Å². The highest BCUT2D eigenvalue weighted by Crippen LogP contribution is 2.29. The Morgan fingerprint density at radius 1 is 0.795 bits per heavy atom. The van der Waals surface area contributed by atoms with E-state index >= 15 is 0 Å². The number of rotatable bonds is 9. The number of benzene rings is 3. The van der Waals surface area contributed by atoms with Gasteiger partial charge in [-0.05, 0) is 98.4 Å². The number of halogens is 3. The fraction of sp³-hybridized carbons (Fsp3) is 0.276. The molecule has 0 heterocycles. The van der Waals surface area contributed by atoms with Crippen LogP contribution in [0.3, 0.4) is 0 Å². The maximum absolute atomic E-state index is 12.8. The Kier molecular flexibility index (Phi) is 10.4. The van der Waals surface area contributed by atoms with Gasteiger partial charge < -0.3 is 10.6 Å². The predicted octanol–water partition coefficient (Wildman–Crippen LogP) is 6.70. The SMILES string of the molecule is Cc1ccc(NC(=S)NNC(=O)c2cccc(NC(=O)CCCCCc3cccc(C(F)(F)F)c3)c2)cc1C. The van der Waals surface area contributed by atoms with Crippen LogP contribution in [0.2, 0.25) is 0 Å². The molecule has 0 spiro atoms. The molecule has 0 radical (unpaired) electrons. The second-order valence-corrected chi connectivity index (χ2v) is 9.63. The average Bonchev–Trinajstić information content (AvgIpc) is 2.89. The Morgan fingerprint density at radius 3 is 2.28 bits per heavy atom. The van der Waals surface area contributed by atoms with E-state index in [0.29, 0.717) is 42.5 Å². The molecule has 0 saturated carbocycles. The molecule has 0 bridgehead atoms. The summed E-state index contributed by atoms with van der Waals surface area (Å²) in [5.74, 6) is -0.631. The molecule has 4 N–H and O–H groups in total. The van der Waals surface area contributed by atoms with E-state index in [-0.39, 0.29) is 17.4 Å². The molecule has 2 amide bonds. The third-order valence-electron chi connectivity index (χ3n) is 6.09. The average molecular weight is 557 g/mol. The van der Waals surface area contributed by atoms with Crippen LogP contribution in [0.15, 0.2) is 66.7 Å². The van der Waals surface area contributed by atoms with Crippen molar-refractivity contribution in [3.05, 3.63) is 94.5 Å². The number of hydrazine groups is 1. The number of nitrogens with one attached hydrogen (secondary N) is 4. The first-order chi connectivity index (χ1) is 18.5. The second kappa shape index (κ2) is 13.7. The van der Waals surface area contributed by atoms with Gasteiger partial charge >= 0.3 is 6.18 Å². The van der Waals surface area contributed by atoms with Crippen molar-refractivity contribution in [2.45, 2.75) is 52.1 Å². The molecule has 206 valence electrons. The standard InChI is InChI=1S/C29H31F3N4O2S/c1-19-14-15-25(16-20(19)2)34-28(39)36-35-27(38)22-10-7-12-24(18-22)33-26(37)13-5-3-4-8-21-9-6-11-23(17-21)29(30,31)32/h6-7,9-12,14-18H,3-5,8,13H2,1-2H3,(H,33,37)(H,35,38)(H2,34,36,39). The normalized spacial score (nSPS) is 11.0. The molecule has 0 aromatic heterocycles. The van der Waals surface area contributed by atoms with Crippen LogP contribution in [0.5, 0.6) is 0 Å². The van der Waals surface area contributed by atoms with E-state index in [1.165, 1.54) is 12.1 Å². The molecule has 6 nitrogen and oxygen atoms in total. The molecule has 0 aliphatic rings. The zero-order valence-electron chi connectivity index (χ0n) is 21.7. The number of carbonyl (C=O) groups excluding carboxylic acids is 2. The Morgan fingerprint density at radius 2 is 1.54 bits per heavy atom. The maximum Gasteiger partial charge on any atom is 0.416 e. The summed E-state index contributed by atoms with van der Waals surface area (Å²) < 4.78 is 38.5. The van der Waals surface area contributed by atoms with Crippen LogP contribution >= 0.6 is 12.2 Å². The molecule has 3 rings (SSSR count). The van der Waals surface area contributed by atoms with Crippen LogP contribution in [0.25, 0.3) is 0 Å². The van der Waals surface area contributed by atoms with Crippen molar-refractivity contribution in [3.8, 4) is 0 Å². The monoisotopic (exact) mass is 556 g/mol. The highest BCUT2D eigenvalue weighted by molar-refractivity contribution is 7.80. The summed E-state index contributed by atoms with van der Waals surface area (Å²) in [5, 5.41) is 6.00. The largest absolute Gasteiger partial charge is 0.416 e. The van der Waals surface area contributed by atoms with Gasteiger partial charge in [-0.2, -0.15) is 13.2 Å². The minimum atomic E-state index is -4.35. The van der Waals surface area contributed by atoms with Crippen molar-refractivity contribution in [1.82, 2.24) is 10.9 Å². The number of hydrogen-bond donors (Lipinski definition) is 4. The summed E-state index contributed by atoms with van der Waals surface area (Å²) >= 11 is 5.23. The first-order valence-corrected chi connectivity index (χ1v) is 12.9. The molecule has 39 heavy (non-hydrogen) atoms. The molecule has 0 aliphatic carbocycles. The van der Waals surface area contributed by atoms with E-state index in [1.54, 1.807) is 30.3 Å². The molecule has 0 atom stereocenters. The zero-order valence-corrected chi connectivity index (χ0v) is 22.6. The van der Waals surface area contributed by atoms with Crippen molar-refractivity contribution in [1.29, 1.82) is 0 Å². The first kappa shape index (κ1) is 29.6. The van der Waals surface area contributed by atoms with Crippen LogP contribution in [0.4, 0.5) is 24.5 Å². The highest BCUT2D eigenvalue weighted by atomic mass is 32.1. The lowest BCUT2D eigenvalue weighted by atomic mass is 10.0. The van der Waals surface area contributed by atoms with Gasteiger partial charge in [0.2, 0.25) is 5.91 Å². The fourth-order valence-corrected chi connectivity index (χ4v) is 3.99. The van der Waals surface area contributed by atoms with Gasteiger partial charge in [-0.15, -0.1) is 0 Å². The van der Waals surface area contributed by atoms with E-state index in [0.717, 1.165) is 22.9 Å². The van der Waals surface area contributed by atoms with Gasteiger partial charge in [0, 0.05) is 23.4 Å². The molecule has 10 heteroatoms. The van der Waals surface area contributed by atoms with Gasteiger partial charge in [0.15, 0.2) is 5.11 Å². The summed E-state index contributed by atoms with van der Waals surface area (Å²) in [6, 6.07) is 17.6. The van der Waals surface area contributed by atoms with Crippen molar-refractivity contribution in [2.75, 3.05) is 10.6 Å². The predicted molar refractivity (Wildman–Crippen MR) is 151 cm³/mol. The van der Waals surface area contributed by atoms with Crippen molar-refractivity contribution >= 4 is 40.5 Å². The number of unbranched alkanes of at least 4 members (excludes halogenated alkanes) is 2. The van der Waals surface area contributed by atoms with Crippen LogP contribution < -0.4 is 21.5 Å². The lowest BCUT2D eigenvalue weighted by Crippen LogP contribution is -2.43. The van der Waals surface area contributed by atoms with Gasteiger partial charge in [0.25, 0.3) is 5.91 Å². The smallest absolute Gasteiger partial charge is 0.331 e. The number of aryl methyl sites for hydroxylation is 3. The number of carbonyl (C=O) groups is 2. The summed E-state index contributed by atoms with van der Waals surface area (Å²) in [4.78, 5) is 24.9. The summed E-state index contributed by atoms with van der Waals surface area (Å²) in [6.07, 6.45) is -1.60. The summed E-state index contributed by atoms with van der Waals surface area (Å²) in [6.45, 7) is 4.01. The van der Waals surface area contributed by atoms with Crippen molar-refractivity contribution < 1.29 is 22.8 Å². The van der Waals surface area contributed by atoms with Gasteiger partial charge in [-0.25, -0.2) is 0 Å². The molecule has 0 saturated heterocycles. The Hall–Kier alpha value is -3.92. The van der Waals surface area contributed by atoms with Crippen LogP contribution in [0.1, 0.15) is 58.3 Å². The third-order valence-corrected chi connectivity index (χ3v) is 6.29. The molecule has 3 aromatic rings. The lowest BCUT2D eigenvalue weighted by Gasteiger charge is -2.13. The van der Waals surface area contributed by atoms with Crippen LogP contribution in [-0.2, 0) is 17.4 Å². The van der Waals surface area contributed by atoms with E-state index in [1.807, 2.05) is 32.0 Å². The van der Waals surface area contributed by atoms with E-state index < -0.39 is 17.6 Å². The Labute approximate surface area is 231 Å². The number of thiocarbonyl (C=S) groups is 1. The molecular formula is C29H31F3N4O2S. The fourth-order valence-electron chi connectivity index (χ4n) is 3.82. The van der Waals surface area contributed by atoms with Gasteiger partial charge in [0.1, 0.15) is 0 Å². The maximum atomic E-state index is 12.8. The van der Waals surface area contributed by atoms with E-state index in [9.17, 15) is 22.8 Å². The minimum Gasteiger partial charge on any atom is -0.331 e. The zero-order chi connectivity index (χ0) is 28.4. The van der Waals surface area contributed by atoms with E-state index in [2.05, 4.69) is 21.5 Å². The lowest BCUT2D eigenvalue weighted by molar-refractivity contribution is -0.137. The van der Waals surface area contributed by atoms with E-state index in [4.69, 9.17) is 12.2 Å². The molecular weight excluding hydrogens is 525 g/mol. The van der Waals surface area contributed by atoms with Crippen molar-refractivity contribution in [3.63, 3.8) is 0 Å². The van der Waals surface area contributed by atoms with Gasteiger partial charge in [0.05, 0.1) is 5.56 Å². The number of anilines is 2.